The minimum Gasteiger partial charge on any atom is -0.379 e. The molecule has 1 nitrogen and oxygen atoms in total. The first-order valence-electron chi connectivity index (χ1n) is 6.99. The fourth-order valence-electron chi connectivity index (χ4n) is 2.54. The van der Waals surface area contributed by atoms with Crippen LogP contribution in [0.25, 0.3) is 5.57 Å². The Kier molecular flexibility index (Phi) is 3.64. The van der Waals surface area contributed by atoms with Crippen molar-refractivity contribution < 1.29 is 0 Å². The van der Waals surface area contributed by atoms with Crippen molar-refractivity contribution in [3.8, 4) is 0 Å². The lowest BCUT2D eigenvalue weighted by Crippen LogP contribution is -2.27. The van der Waals surface area contributed by atoms with Crippen LogP contribution in [-0.2, 0) is 0 Å². The number of benzene rings is 1. The van der Waals surface area contributed by atoms with E-state index in [1.165, 1.54) is 23.3 Å². The van der Waals surface area contributed by atoms with Crippen LogP contribution in [0.2, 0.25) is 0 Å². The lowest BCUT2D eigenvalue weighted by atomic mass is 9.96. The van der Waals surface area contributed by atoms with E-state index in [9.17, 15) is 0 Å². The molecule has 0 aliphatic heterocycles. The van der Waals surface area contributed by atoms with Gasteiger partial charge in [-0.3, -0.25) is 0 Å². The highest BCUT2D eigenvalue weighted by atomic mass is 14.9. The van der Waals surface area contributed by atoms with Crippen LogP contribution < -0.4 is 5.32 Å². The smallest absolute Gasteiger partial charge is 0.0487 e. The van der Waals surface area contributed by atoms with Crippen LogP contribution in [0.1, 0.15) is 24.8 Å². The van der Waals surface area contributed by atoms with Crippen molar-refractivity contribution in [1.29, 1.82) is 0 Å². The van der Waals surface area contributed by atoms with Crippen LogP contribution in [0.4, 0.5) is 0 Å². The first kappa shape index (κ1) is 12.0. The van der Waals surface area contributed by atoms with E-state index < -0.39 is 0 Å². The highest BCUT2D eigenvalue weighted by molar-refractivity contribution is 5.75. The van der Waals surface area contributed by atoms with Crippen molar-refractivity contribution in [2.24, 2.45) is 0 Å². The molecule has 0 amide bonds. The third-order valence-corrected chi connectivity index (χ3v) is 3.52. The molecule has 1 aromatic rings. The second-order valence-electron chi connectivity index (χ2n) is 5.02. The number of rotatable bonds is 3. The number of hydrogen-bond acceptors (Lipinski definition) is 1. The highest BCUT2D eigenvalue weighted by Crippen LogP contribution is 2.22. The Bertz CT molecular complexity index is 546. The highest BCUT2D eigenvalue weighted by Gasteiger charge is 2.11. The summed E-state index contributed by atoms with van der Waals surface area (Å²) in [6, 6.07) is 11.0. The van der Waals surface area contributed by atoms with Gasteiger partial charge >= 0.3 is 0 Å². The van der Waals surface area contributed by atoms with Crippen LogP contribution in [0.5, 0.6) is 0 Å². The fourth-order valence-corrected chi connectivity index (χ4v) is 2.54. The van der Waals surface area contributed by atoms with Crippen molar-refractivity contribution in [2.45, 2.75) is 25.3 Å². The third-order valence-electron chi connectivity index (χ3n) is 3.52. The fraction of sp³-hybridized carbons (Fsp3) is 0.222. The van der Waals surface area contributed by atoms with Gasteiger partial charge in [-0.2, -0.15) is 0 Å². The molecule has 2 aliphatic rings. The summed E-state index contributed by atoms with van der Waals surface area (Å²) in [5.41, 5.74) is 3.86. The Morgan fingerprint density at radius 1 is 0.947 bits per heavy atom. The average molecular weight is 249 g/mol. The van der Waals surface area contributed by atoms with Gasteiger partial charge in [-0.05, 0) is 36.5 Å². The first-order valence-corrected chi connectivity index (χ1v) is 6.99. The summed E-state index contributed by atoms with van der Waals surface area (Å²) >= 11 is 0. The molecule has 0 heterocycles. The van der Waals surface area contributed by atoms with Gasteiger partial charge in [-0.1, -0.05) is 60.7 Å². The van der Waals surface area contributed by atoms with Gasteiger partial charge in [0.05, 0.1) is 0 Å². The van der Waals surface area contributed by atoms with Gasteiger partial charge in [0, 0.05) is 11.7 Å². The molecule has 1 heteroatoms. The molecule has 0 fully saturated rings. The second-order valence-corrected chi connectivity index (χ2v) is 5.02. The summed E-state index contributed by atoms with van der Waals surface area (Å²) < 4.78 is 0. The molecule has 0 saturated carbocycles. The maximum Gasteiger partial charge on any atom is 0.0487 e. The number of hydrogen-bond donors (Lipinski definition) is 1. The third kappa shape index (κ3) is 3.05. The van der Waals surface area contributed by atoms with E-state index in [0.29, 0.717) is 6.04 Å². The molecule has 3 rings (SSSR count). The second kappa shape index (κ2) is 5.75. The van der Waals surface area contributed by atoms with E-state index in [2.05, 4.69) is 72.1 Å². The zero-order valence-electron chi connectivity index (χ0n) is 11.0. The summed E-state index contributed by atoms with van der Waals surface area (Å²) in [5, 5.41) is 3.60. The summed E-state index contributed by atoms with van der Waals surface area (Å²) in [6.45, 7) is 0. The average Bonchev–Trinajstić information content (AvgIpc) is 2.49. The quantitative estimate of drug-likeness (QED) is 0.845. The van der Waals surface area contributed by atoms with Gasteiger partial charge in [-0.15, -0.1) is 0 Å². The van der Waals surface area contributed by atoms with Gasteiger partial charge in [-0.25, -0.2) is 0 Å². The molecule has 0 spiro atoms. The molecular weight excluding hydrogens is 230 g/mol. The van der Waals surface area contributed by atoms with Crippen molar-refractivity contribution in [3.63, 3.8) is 0 Å². The van der Waals surface area contributed by atoms with Crippen molar-refractivity contribution in [3.05, 3.63) is 78.0 Å². The zero-order chi connectivity index (χ0) is 12.9. The predicted molar refractivity (Wildman–Crippen MR) is 81.6 cm³/mol. The molecule has 0 radical (unpaired) electrons. The Morgan fingerprint density at radius 2 is 1.84 bits per heavy atom. The Balaban J connectivity index is 1.74. The van der Waals surface area contributed by atoms with Crippen molar-refractivity contribution in [1.82, 2.24) is 5.32 Å². The minimum atomic E-state index is 0.397. The van der Waals surface area contributed by atoms with Crippen molar-refractivity contribution >= 4 is 5.57 Å². The topological polar surface area (TPSA) is 12.0 Å². The Morgan fingerprint density at radius 3 is 2.63 bits per heavy atom. The molecule has 0 aromatic heterocycles. The SMILES string of the molecule is C1=CC(NC2C=C(c3ccccc3)C=CC2)=CCC1. The predicted octanol–water partition coefficient (Wildman–Crippen LogP) is 4.22. The van der Waals surface area contributed by atoms with Gasteiger partial charge in [0.15, 0.2) is 0 Å². The Hall–Kier alpha value is -2.02. The molecule has 0 bridgehead atoms. The molecule has 1 unspecified atom stereocenters. The number of nitrogens with one attached hydrogen (secondary N) is 1. The summed E-state index contributed by atoms with van der Waals surface area (Å²) in [4.78, 5) is 0. The minimum absolute atomic E-state index is 0.397. The molecule has 1 aromatic carbocycles. The van der Waals surface area contributed by atoms with Crippen LogP contribution in [0, 0.1) is 0 Å². The molecule has 96 valence electrons. The maximum absolute atomic E-state index is 3.60. The normalized spacial score (nSPS) is 21.8. The largest absolute Gasteiger partial charge is 0.379 e. The summed E-state index contributed by atoms with van der Waals surface area (Å²) in [6.07, 6.45) is 16.9. The maximum atomic E-state index is 3.60. The molecule has 19 heavy (non-hydrogen) atoms. The number of allylic oxidation sites excluding steroid dienone is 5. The molecule has 2 aliphatic carbocycles. The van der Waals surface area contributed by atoms with E-state index in [4.69, 9.17) is 0 Å². The molecule has 0 saturated heterocycles. The van der Waals surface area contributed by atoms with E-state index in [0.717, 1.165) is 12.8 Å². The van der Waals surface area contributed by atoms with E-state index in [1.54, 1.807) is 0 Å². The summed E-state index contributed by atoms with van der Waals surface area (Å²) in [7, 11) is 0. The molecule has 1 atom stereocenters. The molecule has 1 N–H and O–H groups in total. The van der Waals surface area contributed by atoms with Gasteiger partial charge in [0.25, 0.3) is 0 Å². The monoisotopic (exact) mass is 249 g/mol. The zero-order valence-corrected chi connectivity index (χ0v) is 11.0. The standard InChI is InChI=1S/C18H19N/c1-3-8-15(9-4-1)16-10-7-13-18(14-16)19-17-11-5-2-6-12-17/h1,3-5,7-12,14,18-19H,2,6,13H2. The van der Waals surface area contributed by atoms with Crippen LogP contribution in [0.15, 0.2) is 72.5 Å². The van der Waals surface area contributed by atoms with E-state index in [-0.39, 0.29) is 0 Å². The van der Waals surface area contributed by atoms with Gasteiger partial charge in [0.2, 0.25) is 0 Å². The van der Waals surface area contributed by atoms with E-state index >= 15 is 0 Å². The lowest BCUT2D eigenvalue weighted by molar-refractivity contribution is 0.680. The molecular formula is C18H19N. The van der Waals surface area contributed by atoms with Crippen LogP contribution >= 0.6 is 0 Å². The van der Waals surface area contributed by atoms with Gasteiger partial charge < -0.3 is 5.32 Å². The van der Waals surface area contributed by atoms with Crippen molar-refractivity contribution in [2.75, 3.05) is 0 Å². The van der Waals surface area contributed by atoms with Crippen LogP contribution in [0.3, 0.4) is 0 Å². The van der Waals surface area contributed by atoms with Gasteiger partial charge in [0.1, 0.15) is 0 Å². The lowest BCUT2D eigenvalue weighted by Gasteiger charge is -2.21. The van der Waals surface area contributed by atoms with Crippen LogP contribution in [-0.4, -0.2) is 6.04 Å². The first-order chi connectivity index (χ1) is 9.42. The van der Waals surface area contributed by atoms with E-state index in [1.807, 2.05) is 0 Å². The Labute approximate surface area is 115 Å². The summed E-state index contributed by atoms with van der Waals surface area (Å²) in [5.74, 6) is 0.